The second-order valence-electron chi connectivity index (χ2n) is 22.1. The monoisotopic (exact) mass is 1110 g/mol. The highest BCUT2D eigenvalue weighted by atomic mass is 16.6. The summed E-state index contributed by atoms with van der Waals surface area (Å²) in [6, 6.07) is 0. The number of esters is 2. The maximum Gasteiger partial charge on any atom is 0.306 e. The van der Waals surface area contributed by atoms with Gasteiger partial charge in [0.25, 0.3) is 0 Å². The lowest BCUT2D eigenvalue weighted by Crippen LogP contribution is -2.28. The fourth-order valence-corrected chi connectivity index (χ4v) is 9.47. The Balaban J connectivity index is 3.47. The summed E-state index contributed by atoms with van der Waals surface area (Å²) < 4.78 is 10.7. The summed E-state index contributed by atoms with van der Waals surface area (Å²) in [7, 11) is 0. The van der Waals surface area contributed by atoms with Crippen molar-refractivity contribution in [3.8, 4) is 0 Å². The van der Waals surface area contributed by atoms with Crippen LogP contribution in [0.15, 0.2) is 134 Å². The molecule has 0 aliphatic carbocycles. The maximum absolute atomic E-state index is 12.3. The Morgan fingerprint density at radius 2 is 0.500 bits per heavy atom. The van der Waals surface area contributed by atoms with Crippen LogP contribution < -0.4 is 0 Å². The number of unbranched alkanes of at least 4 members (excludes halogenated alkanes) is 31. The van der Waals surface area contributed by atoms with E-state index < -0.39 is 6.10 Å². The summed E-state index contributed by atoms with van der Waals surface area (Å²) in [6.07, 6.45) is 103. The van der Waals surface area contributed by atoms with Crippen molar-refractivity contribution in [1.29, 1.82) is 0 Å². The van der Waals surface area contributed by atoms with E-state index in [1.54, 1.807) is 0 Å². The lowest BCUT2D eigenvalue weighted by Gasteiger charge is -2.15. The van der Waals surface area contributed by atoms with Crippen molar-refractivity contribution in [2.24, 2.45) is 0 Å². The number of aliphatic hydroxyl groups excluding tert-OH is 1. The molecule has 0 amide bonds. The summed E-state index contributed by atoms with van der Waals surface area (Å²) >= 11 is 0. The molecule has 0 aromatic rings. The zero-order valence-electron chi connectivity index (χ0n) is 52.3. The van der Waals surface area contributed by atoms with E-state index in [0.29, 0.717) is 12.8 Å². The van der Waals surface area contributed by atoms with Gasteiger partial charge in [-0.1, -0.05) is 321 Å². The number of ether oxygens (including phenoxy) is 2. The van der Waals surface area contributed by atoms with Crippen molar-refractivity contribution in [3.05, 3.63) is 134 Å². The molecule has 0 rings (SSSR count). The molecule has 0 saturated heterocycles. The first-order chi connectivity index (χ1) is 39.6. The van der Waals surface area contributed by atoms with Gasteiger partial charge in [0.1, 0.15) is 6.61 Å². The van der Waals surface area contributed by atoms with E-state index in [1.807, 2.05) is 0 Å². The molecule has 0 aliphatic heterocycles. The Bertz CT molecular complexity index is 1630. The molecular formula is C75H126O5. The van der Waals surface area contributed by atoms with Crippen molar-refractivity contribution in [2.45, 2.75) is 315 Å². The van der Waals surface area contributed by atoms with Gasteiger partial charge in [-0.05, 0) is 109 Å². The van der Waals surface area contributed by atoms with Gasteiger partial charge in [0.15, 0.2) is 6.10 Å². The van der Waals surface area contributed by atoms with Gasteiger partial charge in [-0.25, -0.2) is 0 Å². The molecule has 5 nitrogen and oxygen atoms in total. The number of hydrogen-bond donors (Lipinski definition) is 1. The Morgan fingerprint density at radius 1 is 0.287 bits per heavy atom. The van der Waals surface area contributed by atoms with E-state index in [4.69, 9.17) is 9.47 Å². The van der Waals surface area contributed by atoms with Crippen LogP contribution in [0.3, 0.4) is 0 Å². The minimum atomic E-state index is -0.798. The first kappa shape index (κ1) is 76.0. The van der Waals surface area contributed by atoms with Crippen molar-refractivity contribution in [2.75, 3.05) is 13.2 Å². The van der Waals surface area contributed by atoms with Crippen LogP contribution in [-0.2, 0) is 19.1 Å². The summed E-state index contributed by atoms with van der Waals surface area (Å²) in [5.74, 6) is -0.625. The highest BCUT2D eigenvalue weighted by Crippen LogP contribution is 2.17. The largest absolute Gasteiger partial charge is 0.462 e. The second-order valence-corrected chi connectivity index (χ2v) is 22.1. The van der Waals surface area contributed by atoms with E-state index in [-0.39, 0.29) is 25.2 Å². The van der Waals surface area contributed by atoms with Gasteiger partial charge in [-0.2, -0.15) is 0 Å². The molecule has 0 spiro atoms. The lowest BCUT2D eigenvalue weighted by molar-refractivity contribution is -0.161. The molecule has 0 radical (unpaired) electrons. The number of aliphatic hydroxyl groups is 1. The fourth-order valence-electron chi connectivity index (χ4n) is 9.47. The normalized spacial score (nSPS) is 13.1. The molecule has 1 N–H and O–H groups in total. The van der Waals surface area contributed by atoms with E-state index >= 15 is 0 Å². The van der Waals surface area contributed by atoms with Crippen LogP contribution in [0.4, 0.5) is 0 Å². The van der Waals surface area contributed by atoms with Crippen molar-refractivity contribution in [3.63, 3.8) is 0 Å². The predicted octanol–water partition coefficient (Wildman–Crippen LogP) is 23.5. The molecule has 0 bridgehead atoms. The topological polar surface area (TPSA) is 72.8 Å². The zero-order valence-corrected chi connectivity index (χ0v) is 52.3. The number of carbonyl (C=O) groups excluding carboxylic acids is 2. The highest BCUT2D eigenvalue weighted by Gasteiger charge is 2.16. The third kappa shape index (κ3) is 66.6. The second kappa shape index (κ2) is 69.3. The standard InChI is InChI=1S/C75H126O5/c1-3-5-7-9-11-13-15-17-19-21-23-25-27-29-30-31-32-33-34-35-36-37-38-39-40-41-42-43-44-46-47-49-51-53-55-57-59-61-63-65-67-69-74(77)79-72-73(71-76)80-75(78)70-68-66-64-62-60-58-56-54-52-50-48-45-28-26-24-22-20-18-16-14-12-10-8-6-4-2/h5-8,11-14,17-20,23-26,45,48,52,54,58,60,73,76H,3-4,9-10,15-16,21-22,27-44,46-47,49-51,53,55-57,59,61-72H2,1-2H3/b7-5-,8-6-,13-11-,14-12-,19-17-,20-18-,25-23-,26-24-,48-45-,54-52-,60-58-. The Hall–Kier alpha value is -3.96. The molecule has 1 atom stereocenters. The summed E-state index contributed by atoms with van der Waals surface area (Å²) in [4.78, 5) is 24.6. The third-order valence-electron chi connectivity index (χ3n) is 14.4. The SMILES string of the molecule is CC/C=C\C/C=C\C/C=C\C/C=C\C/C=C\C/C=C\C/C=C\CCCCCC(=O)OC(CO)COC(=O)CCCCCCCCCCCCCCCCCCCCCCCCCCCCCC/C=C\C/C=C\C/C=C\C/C=C\CC. The predicted molar refractivity (Wildman–Crippen MR) is 352 cm³/mol. The molecule has 0 heterocycles. The molecule has 80 heavy (non-hydrogen) atoms. The van der Waals surface area contributed by atoms with Crippen LogP contribution in [0.25, 0.3) is 0 Å². The van der Waals surface area contributed by atoms with E-state index in [0.717, 1.165) is 116 Å². The Kier molecular flexibility index (Phi) is 65.9. The quantitative estimate of drug-likeness (QED) is 0.0373. The first-order valence-corrected chi connectivity index (χ1v) is 33.7. The summed E-state index contributed by atoms with van der Waals surface area (Å²) in [5.41, 5.74) is 0. The zero-order chi connectivity index (χ0) is 57.6. The maximum atomic E-state index is 12.3. The van der Waals surface area contributed by atoms with Gasteiger partial charge in [0.2, 0.25) is 0 Å². The van der Waals surface area contributed by atoms with Crippen molar-refractivity contribution in [1.82, 2.24) is 0 Å². The van der Waals surface area contributed by atoms with Crippen LogP contribution in [0.2, 0.25) is 0 Å². The Morgan fingerprint density at radius 3 is 0.762 bits per heavy atom. The van der Waals surface area contributed by atoms with Gasteiger partial charge >= 0.3 is 11.9 Å². The lowest BCUT2D eigenvalue weighted by atomic mass is 10.0. The minimum Gasteiger partial charge on any atom is -0.462 e. The molecule has 456 valence electrons. The van der Waals surface area contributed by atoms with Gasteiger partial charge in [0, 0.05) is 12.8 Å². The highest BCUT2D eigenvalue weighted by molar-refractivity contribution is 5.70. The first-order valence-electron chi connectivity index (χ1n) is 33.7. The van der Waals surface area contributed by atoms with Crippen LogP contribution in [0.5, 0.6) is 0 Å². The van der Waals surface area contributed by atoms with E-state index in [2.05, 4.69) is 148 Å². The average molecular weight is 1110 g/mol. The number of rotatable bonds is 61. The third-order valence-corrected chi connectivity index (χ3v) is 14.4. The summed E-state index contributed by atoms with van der Waals surface area (Å²) in [6.45, 7) is 3.90. The number of allylic oxidation sites excluding steroid dienone is 22. The molecule has 0 aliphatic rings. The van der Waals surface area contributed by atoms with Crippen LogP contribution >= 0.6 is 0 Å². The molecule has 0 aromatic carbocycles. The van der Waals surface area contributed by atoms with Gasteiger partial charge in [-0.3, -0.25) is 9.59 Å². The van der Waals surface area contributed by atoms with Gasteiger partial charge < -0.3 is 14.6 Å². The van der Waals surface area contributed by atoms with E-state index in [9.17, 15) is 14.7 Å². The molecule has 1 unspecified atom stereocenters. The van der Waals surface area contributed by atoms with E-state index in [1.165, 1.54) is 167 Å². The molecule has 0 fully saturated rings. The number of hydrogen-bond acceptors (Lipinski definition) is 5. The molecule has 0 aromatic heterocycles. The van der Waals surface area contributed by atoms with Crippen LogP contribution in [-0.4, -0.2) is 36.4 Å². The van der Waals surface area contributed by atoms with Gasteiger partial charge in [0.05, 0.1) is 6.61 Å². The van der Waals surface area contributed by atoms with Crippen LogP contribution in [0, 0.1) is 0 Å². The van der Waals surface area contributed by atoms with Crippen LogP contribution in [0.1, 0.15) is 309 Å². The Labute approximate surface area is 496 Å². The summed E-state index contributed by atoms with van der Waals surface area (Å²) in [5, 5.41) is 9.68. The molecular weight excluding hydrogens is 981 g/mol. The van der Waals surface area contributed by atoms with Crippen molar-refractivity contribution >= 4 is 11.9 Å². The minimum absolute atomic E-state index is 0.0836. The molecule has 0 saturated carbocycles. The fraction of sp³-hybridized carbons (Fsp3) is 0.680. The van der Waals surface area contributed by atoms with Crippen molar-refractivity contribution < 1.29 is 24.2 Å². The smallest absolute Gasteiger partial charge is 0.306 e. The van der Waals surface area contributed by atoms with Gasteiger partial charge in [-0.15, -0.1) is 0 Å². The average Bonchev–Trinajstić information content (AvgIpc) is 3.46. The molecule has 5 heteroatoms. The number of carbonyl (C=O) groups is 2.